The summed E-state index contributed by atoms with van der Waals surface area (Å²) in [6.45, 7) is 0. The third-order valence-corrected chi connectivity index (χ3v) is 3.93. The number of anilines is 2. The van der Waals surface area contributed by atoms with Gasteiger partial charge in [0.2, 0.25) is 5.91 Å². The third-order valence-electron chi connectivity index (χ3n) is 3.93. The van der Waals surface area contributed by atoms with Crippen LogP contribution in [0.5, 0.6) is 0 Å². The molecular weight excluding hydrogens is 342 g/mol. The van der Waals surface area contributed by atoms with Crippen LogP contribution in [0.25, 0.3) is 0 Å². The van der Waals surface area contributed by atoms with Gasteiger partial charge in [-0.3, -0.25) is 19.7 Å². The first-order valence-electron chi connectivity index (χ1n) is 7.58. The standard InChI is InChI=1S/C17H13N3O6/c21-15-9-13(18-12-6-1-2-7-14(12)20(25)26)16(22)19(15)11-5-3-4-10(8-11)17(23)24/h1-8,13,18H,9H2,(H,23,24). The molecule has 3 rings (SSSR count). The van der Waals surface area contributed by atoms with Crippen molar-refractivity contribution in [3.8, 4) is 0 Å². The first-order chi connectivity index (χ1) is 12.4. The fourth-order valence-corrected chi connectivity index (χ4v) is 2.74. The molecule has 0 aliphatic carbocycles. The summed E-state index contributed by atoms with van der Waals surface area (Å²) in [4.78, 5) is 47.3. The number of hydrogen-bond acceptors (Lipinski definition) is 6. The lowest BCUT2D eigenvalue weighted by atomic mass is 10.2. The number of carboxylic acid groups (broad SMARTS) is 1. The fourth-order valence-electron chi connectivity index (χ4n) is 2.74. The van der Waals surface area contributed by atoms with E-state index in [1.54, 1.807) is 6.07 Å². The fraction of sp³-hybridized carbons (Fsp3) is 0.118. The maximum atomic E-state index is 12.6. The zero-order valence-electron chi connectivity index (χ0n) is 13.3. The molecule has 2 amide bonds. The van der Waals surface area contributed by atoms with E-state index in [4.69, 9.17) is 5.11 Å². The molecule has 2 aromatic carbocycles. The molecule has 9 heteroatoms. The van der Waals surface area contributed by atoms with Crippen LogP contribution in [0.1, 0.15) is 16.8 Å². The Balaban J connectivity index is 1.87. The highest BCUT2D eigenvalue weighted by molar-refractivity contribution is 6.23. The second kappa shape index (κ2) is 6.63. The van der Waals surface area contributed by atoms with E-state index in [-0.39, 0.29) is 29.0 Å². The van der Waals surface area contributed by atoms with Gasteiger partial charge in [0.25, 0.3) is 11.6 Å². The second-order valence-corrected chi connectivity index (χ2v) is 5.60. The lowest BCUT2D eigenvalue weighted by Crippen LogP contribution is -2.35. The number of carboxylic acids is 1. The van der Waals surface area contributed by atoms with Crippen LogP contribution in [0, 0.1) is 10.1 Å². The van der Waals surface area contributed by atoms with E-state index >= 15 is 0 Å². The molecular formula is C17H13N3O6. The number of para-hydroxylation sites is 2. The van der Waals surface area contributed by atoms with E-state index in [9.17, 15) is 24.5 Å². The molecule has 0 aromatic heterocycles. The average Bonchev–Trinajstić information content (AvgIpc) is 2.89. The van der Waals surface area contributed by atoms with Crippen LogP contribution in [-0.4, -0.2) is 33.9 Å². The molecule has 1 aliphatic rings. The van der Waals surface area contributed by atoms with Gasteiger partial charge in [-0.15, -0.1) is 0 Å². The van der Waals surface area contributed by atoms with Crippen molar-refractivity contribution in [3.63, 3.8) is 0 Å². The predicted molar refractivity (Wildman–Crippen MR) is 91.0 cm³/mol. The average molecular weight is 355 g/mol. The summed E-state index contributed by atoms with van der Waals surface area (Å²) in [5.41, 5.74) is 0.00817. The van der Waals surface area contributed by atoms with Gasteiger partial charge in [0.05, 0.1) is 22.6 Å². The highest BCUT2D eigenvalue weighted by atomic mass is 16.6. The molecule has 2 N–H and O–H groups in total. The third kappa shape index (κ3) is 3.09. The number of benzene rings is 2. The molecule has 9 nitrogen and oxygen atoms in total. The van der Waals surface area contributed by atoms with Crippen molar-refractivity contribution in [3.05, 3.63) is 64.2 Å². The van der Waals surface area contributed by atoms with Crippen LogP contribution in [-0.2, 0) is 9.59 Å². The number of imide groups is 1. The number of rotatable bonds is 5. The van der Waals surface area contributed by atoms with Crippen molar-refractivity contribution in [2.75, 3.05) is 10.2 Å². The monoisotopic (exact) mass is 355 g/mol. The molecule has 1 atom stereocenters. The van der Waals surface area contributed by atoms with Crippen molar-refractivity contribution >= 4 is 34.8 Å². The number of nitro benzene ring substituents is 1. The first-order valence-corrected chi connectivity index (χ1v) is 7.58. The zero-order chi connectivity index (χ0) is 18.8. The van der Waals surface area contributed by atoms with Crippen LogP contribution >= 0.6 is 0 Å². The van der Waals surface area contributed by atoms with E-state index in [2.05, 4.69) is 5.32 Å². The largest absolute Gasteiger partial charge is 0.478 e. The summed E-state index contributed by atoms with van der Waals surface area (Å²) < 4.78 is 0. The molecule has 0 radical (unpaired) electrons. The number of amides is 2. The van der Waals surface area contributed by atoms with Crippen molar-refractivity contribution in [1.82, 2.24) is 0 Å². The summed E-state index contributed by atoms with van der Waals surface area (Å²) in [7, 11) is 0. The Morgan fingerprint density at radius 1 is 1.19 bits per heavy atom. The molecule has 0 saturated carbocycles. The van der Waals surface area contributed by atoms with E-state index in [1.807, 2.05) is 0 Å². The summed E-state index contributed by atoms with van der Waals surface area (Å²) in [6, 6.07) is 10.3. The molecule has 132 valence electrons. The van der Waals surface area contributed by atoms with E-state index in [0.717, 1.165) is 4.90 Å². The molecule has 1 fully saturated rings. The van der Waals surface area contributed by atoms with Gasteiger partial charge in [-0.25, -0.2) is 9.69 Å². The SMILES string of the molecule is O=C(O)c1cccc(N2C(=O)CC(Nc3ccccc3[N+](=O)[O-])C2=O)c1. The highest BCUT2D eigenvalue weighted by Crippen LogP contribution is 2.29. The number of carbonyl (C=O) groups excluding carboxylic acids is 2. The highest BCUT2D eigenvalue weighted by Gasteiger charge is 2.40. The Kier molecular flexibility index (Phi) is 4.36. The van der Waals surface area contributed by atoms with E-state index < -0.39 is 28.7 Å². The number of carbonyl (C=O) groups is 3. The topological polar surface area (TPSA) is 130 Å². The van der Waals surface area contributed by atoms with Crippen molar-refractivity contribution in [1.29, 1.82) is 0 Å². The molecule has 1 heterocycles. The number of nitrogens with one attached hydrogen (secondary N) is 1. The normalized spacial score (nSPS) is 16.6. The van der Waals surface area contributed by atoms with Crippen molar-refractivity contribution < 1.29 is 24.4 Å². The quantitative estimate of drug-likeness (QED) is 0.477. The minimum Gasteiger partial charge on any atom is -0.478 e. The first kappa shape index (κ1) is 17.1. The summed E-state index contributed by atoms with van der Waals surface area (Å²) in [6.07, 6.45) is -0.192. The molecule has 1 aliphatic heterocycles. The van der Waals surface area contributed by atoms with Gasteiger partial charge in [-0.1, -0.05) is 18.2 Å². The van der Waals surface area contributed by atoms with Crippen LogP contribution < -0.4 is 10.2 Å². The van der Waals surface area contributed by atoms with Crippen LogP contribution in [0.3, 0.4) is 0 Å². The molecule has 1 unspecified atom stereocenters. The van der Waals surface area contributed by atoms with Gasteiger partial charge in [-0.05, 0) is 24.3 Å². The Morgan fingerprint density at radius 3 is 2.62 bits per heavy atom. The predicted octanol–water partition coefficient (Wildman–Crippen LogP) is 2.04. The van der Waals surface area contributed by atoms with Crippen molar-refractivity contribution in [2.24, 2.45) is 0 Å². The maximum Gasteiger partial charge on any atom is 0.335 e. The number of aromatic carboxylic acids is 1. The minimum atomic E-state index is -1.18. The second-order valence-electron chi connectivity index (χ2n) is 5.60. The lowest BCUT2D eigenvalue weighted by Gasteiger charge is -2.16. The zero-order valence-corrected chi connectivity index (χ0v) is 13.3. The van der Waals surface area contributed by atoms with Crippen molar-refractivity contribution in [2.45, 2.75) is 12.5 Å². The smallest absolute Gasteiger partial charge is 0.335 e. The molecule has 0 spiro atoms. The summed E-state index contributed by atoms with van der Waals surface area (Å²) in [5, 5.41) is 22.9. The Morgan fingerprint density at radius 2 is 1.92 bits per heavy atom. The Bertz CT molecular complexity index is 926. The maximum absolute atomic E-state index is 12.6. The van der Waals surface area contributed by atoms with Gasteiger partial charge in [-0.2, -0.15) is 0 Å². The number of hydrogen-bond donors (Lipinski definition) is 2. The van der Waals surface area contributed by atoms with Gasteiger partial charge < -0.3 is 10.4 Å². The van der Waals surface area contributed by atoms with Crippen LogP contribution in [0.2, 0.25) is 0 Å². The Hall–Kier alpha value is -3.75. The van der Waals surface area contributed by atoms with Gasteiger partial charge in [0.15, 0.2) is 0 Å². The molecule has 0 bridgehead atoms. The Labute approximate surface area is 147 Å². The van der Waals surface area contributed by atoms with Crippen LogP contribution in [0.15, 0.2) is 48.5 Å². The van der Waals surface area contributed by atoms with E-state index in [0.29, 0.717) is 0 Å². The minimum absolute atomic E-state index is 0.0572. The molecule has 2 aromatic rings. The van der Waals surface area contributed by atoms with Gasteiger partial charge >= 0.3 is 5.97 Å². The van der Waals surface area contributed by atoms with E-state index in [1.165, 1.54) is 42.5 Å². The molecule has 26 heavy (non-hydrogen) atoms. The summed E-state index contributed by atoms with van der Waals surface area (Å²) in [5.74, 6) is -2.30. The number of nitro groups is 1. The molecule has 1 saturated heterocycles. The van der Waals surface area contributed by atoms with Gasteiger partial charge in [0, 0.05) is 6.07 Å². The number of nitrogens with zero attached hydrogens (tertiary/aromatic N) is 2. The lowest BCUT2D eigenvalue weighted by molar-refractivity contribution is -0.384. The van der Waals surface area contributed by atoms with Gasteiger partial charge in [0.1, 0.15) is 11.7 Å². The van der Waals surface area contributed by atoms with Crippen LogP contribution in [0.4, 0.5) is 17.1 Å². The summed E-state index contributed by atoms with van der Waals surface area (Å²) >= 11 is 0.